The molecule has 1 N–H and O–H groups in total. The summed E-state index contributed by atoms with van der Waals surface area (Å²) < 4.78 is 10.8. The van der Waals surface area contributed by atoms with E-state index in [-0.39, 0.29) is 31.2 Å². The third kappa shape index (κ3) is 3.87. The number of carbonyl (C=O) groups is 2. The maximum Gasteiger partial charge on any atom is 0.325 e. The molecule has 3 aliphatic heterocycles. The summed E-state index contributed by atoms with van der Waals surface area (Å²) in [5.74, 6) is 2.20. The van der Waals surface area contributed by atoms with Crippen molar-refractivity contribution in [3.05, 3.63) is 35.9 Å². The van der Waals surface area contributed by atoms with Crippen molar-refractivity contribution in [1.82, 2.24) is 15.1 Å². The molecule has 2 atom stereocenters. The molecule has 0 unspecified atom stereocenters. The third-order valence-electron chi connectivity index (χ3n) is 7.72. The Labute approximate surface area is 189 Å². The van der Waals surface area contributed by atoms with Crippen LogP contribution in [-0.2, 0) is 11.3 Å². The summed E-state index contributed by atoms with van der Waals surface area (Å²) in [5, 5.41) is 3.11. The number of nitrogens with zero attached hydrogens (tertiary/aromatic N) is 2. The topological polar surface area (TPSA) is 71.1 Å². The van der Waals surface area contributed by atoms with Crippen molar-refractivity contribution in [2.75, 3.05) is 26.4 Å². The predicted octanol–water partition coefficient (Wildman–Crippen LogP) is 3.68. The molecule has 1 aliphatic carbocycles. The van der Waals surface area contributed by atoms with E-state index >= 15 is 0 Å². The number of ether oxygens (including phenoxy) is 2. The first-order valence-electron chi connectivity index (χ1n) is 12.0. The quantitative estimate of drug-likeness (QED) is 0.541. The van der Waals surface area contributed by atoms with Crippen LogP contribution < -0.4 is 14.8 Å². The number of imide groups is 1. The van der Waals surface area contributed by atoms with Crippen molar-refractivity contribution in [3.63, 3.8) is 0 Å². The van der Waals surface area contributed by atoms with E-state index in [1.807, 2.05) is 25.1 Å². The van der Waals surface area contributed by atoms with Crippen LogP contribution in [0.3, 0.4) is 0 Å². The molecular formula is C25H33N3O4. The summed E-state index contributed by atoms with van der Waals surface area (Å²) in [7, 11) is 0. The average molecular weight is 440 g/mol. The van der Waals surface area contributed by atoms with E-state index in [9.17, 15) is 9.59 Å². The number of fused-ring (bicyclic) bond motifs is 1. The molecule has 4 aliphatic rings. The molecule has 3 amide bonds. The van der Waals surface area contributed by atoms with Gasteiger partial charge in [-0.3, -0.25) is 9.69 Å². The number of carbonyl (C=O) groups excluding carboxylic acids is 2. The number of hydrogen-bond acceptors (Lipinski definition) is 5. The minimum atomic E-state index is -0.785. The number of allylic oxidation sites excluding steroid dienone is 2. The molecule has 0 saturated carbocycles. The first kappa shape index (κ1) is 21.3. The predicted molar refractivity (Wildman–Crippen MR) is 120 cm³/mol. The van der Waals surface area contributed by atoms with E-state index in [1.54, 1.807) is 0 Å². The SMILES string of the molecule is CC[C@@]1(C2CCN(C[C@@H]3CC=CCC3)CC2)NC(=O)N(Cc2ccc3c(c2)OCO3)C1=O. The largest absolute Gasteiger partial charge is 0.454 e. The Bertz CT molecular complexity index is 908. The number of urea groups is 1. The average Bonchev–Trinajstić information content (AvgIpc) is 3.38. The summed E-state index contributed by atoms with van der Waals surface area (Å²) in [6, 6.07) is 5.29. The molecule has 32 heavy (non-hydrogen) atoms. The molecule has 2 saturated heterocycles. The van der Waals surface area contributed by atoms with Crippen LogP contribution in [0.2, 0.25) is 0 Å². The van der Waals surface area contributed by atoms with Crippen LogP contribution in [-0.4, -0.2) is 53.7 Å². The number of nitrogens with one attached hydrogen (secondary N) is 1. The number of amides is 3. The Morgan fingerprint density at radius 2 is 1.91 bits per heavy atom. The van der Waals surface area contributed by atoms with Crippen LogP contribution in [0.15, 0.2) is 30.4 Å². The van der Waals surface area contributed by atoms with E-state index < -0.39 is 5.54 Å². The van der Waals surface area contributed by atoms with Gasteiger partial charge in [-0.25, -0.2) is 4.79 Å². The number of piperidine rings is 1. The maximum atomic E-state index is 13.6. The Balaban J connectivity index is 1.24. The van der Waals surface area contributed by atoms with Gasteiger partial charge < -0.3 is 19.7 Å². The minimum Gasteiger partial charge on any atom is -0.454 e. The minimum absolute atomic E-state index is 0.0847. The zero-order chi connectivity index (χ0) is 22.1. The molecule has 2 fully saturated rings. The fraction of sp³-hybridized carbons (Fsp3) is 0.600. The lowest BCUT2D eigenvalue weighted by Crippen LogP contribution is -2.56. The van der Waals surface area contributed by atoms with Crippen molar-refractivity contribution in [2.24, 2.45) is 11.8 Å². The van der Waals surface area contributed by atoms with Gasteiger partial charge in [0.15, 0.2) is 11.5 Å². The Morgan fingerprint density at radius 3 is 2.66 bits per heavy atom. The highest BCUT2D eigenvalue weighted by atomic mass is 16.7. The monoisotopic (exact) mass is 439 g/mol. The second-order valence-electron chi connectivity index (χ2n) is 9.56. The summed E-state index contributed by atoms with van der Waals surface area (Å²) in [5.41, 5.74) is 0.0774. The number of likely N-dealkylation sites (tertiary alicyclic amines) is 1. The molecule has 172 valence electrons. The van der Waals surface area contributed by atoms with E-state index in [4.69, 9.17) is 9.47 Å². The van der Waals surface area contributed by atoms with Crippen molar-refractivity contribution >= 4 is 11.9 Å². The summed E-state index contributed by atoms with van der Waals surface area (Å²) in [6.07, 6.45) is 10.8. The van der Waals surface area contributed by atoms with Gasteiger partial charge in [-0.05, 0) is 81.1 Å². The molecule has 0 radical (unpaired) electrons. The van der Waals surface area contributed by atoms with Crippen molar-refractivity contribution in [1.29, 1.82) is 0 Å². The summed E-state index contributed by atoms with van der Waals surface area (Å²) in [4.78, 5) is 30.4. The zero-order valence-electron chi connectivity index (χ0n) is 18.8. The van der Waals surface area contributed by atoms with Gasteiger partial charge in [0.25, 0.3) is 5.91 Å². The smallest absolute Gasteiger partial charge is 0.325 e. The molecule has 5 rings (SSSR count). The fourth-order valence-electron chi connectivity index (χ4n) is 5.81. The van der Waals surface area contributed by atoms with Crippen LogP contribution in [0, 0.1) is 11.8 Å². The van der Waals surface area contributed by atoms with Crippen LogP contribution >= 0.6 is 0 Å². The van der Waals surface area contributed by atoms with E-state index in [2.05, 4.69) is 22.4 Å². The van der Waals surface area contributed by atoms with Gasteiger partial charge in [0.1, 0.15) is 5.54 Å². The Hall–Kier alpha value is -2.54. The molecule has 7 nitrogen and oxygen atoms in total. The van der Waals surface area contributed by atoms with Crippen molar-refractivity contribution in [3.8, 4) is 11.5 Å². The van der Waals surface area contributed by atoms with Crippen molar-refractivity contribution in [2.45, 2.75) is 57.5 Å². The number of benzene rings is 1. The fourth-order valence-corrected chi connectivity index (χ4v) is 5.81. The van der Waals surface area contributed by atoms with Crippen LogP contribution in [0.25, 0.3) is 0 Å². The Morgan fingerprint density at radius 1 is 1.09 bits per heavy atom. The molecular weight excluding hydrogens is 406 g/mol. The Kier molecular flexibility index (Phi) is 5.84. The van der Waals surface area contributed by atoms with Gasteiger partial charge in [0.05, 0.1) is 6.54 Å². The van der Waals surface area contributed by atoms with E-state index in [0.29, 0.717) is 17.9 Å². The first-order chi connectivity index (χ1) is 15.6. The summed E-state index contributed by atoms with van der Waals surface area (Å²) >= 11 is 0. The maximum absolute atomic E-state index is 13.6. The highest BCUT2D eigenvalue weighted by Gasteiger charge is 2.54. The van der Waals surface area contributed by atoms with Gasteiger partial charge in [-0.1, -0.05) is 25.1 Å². The third-order valence-corrected chi connectivity index (χ3v) is 7.72. The normalized spacial score (nSPS) is 28.4. The standard InChI is InChI=1S/C25H33N3O4/c1-2-25(20-10-12-27(13-11-20)15-18-6-4-3-5-7-18)23(29)28(24(30)26-25)16-19-8-9-21-22(14-19)32-17-31-21/h3-4,8-9,14,18,20H,2,5-7,10-13,15-17H2,1H3,(H,26,30)/t18-,25+/m1/s1. The van der Waals surface area contributed by atoms with E-state index in [1.165, 1.54) is 24.2 Å². The van der Waals surface area contributed by atoms with Gasteiger partial charge >= 0.3 is 6.03 Å². The lowest BCUT2D eigenvalue weighted by molar-refractivity contribution is -0.134. The van der Waals surface area contributed by atoms with Gasteiger partial charge in [-0.2, -0.15) is 0 Å². The molecule has 0 aromatic heterocycles. The molecule has 0 spiro atoms. The van der Waals surface area contributed by atoms with Crippen LogP contribution in [0.1, 0.15) is 51.0 Å². The van der Waals surface area contributed by atoms with E-state index in [0.717, 1.165) is 44.0 Å². The molecule has 1 aromatic rings. The van der Waals surface area contributed by atoms with Crippen LogP contribution in [0.5, 0.6) is 11.5 Å². The van der Waals surface area contributed by atoms with Crippen molar-refractivity contribution < 1.29 is 19.1 Å². The highest BCUT2D eigenvalue weighted by Crippen LogP contribution is 2.38. The first-order valence-corrected chi connectivity index (χ1v) is 12.0. The number of rotatable bonds is 6. The molecule has 3 heterocycles. The zero-order valence-corrected chi connectivity index (χ0v) is 18.8. The van der Waals surface area contributed by atoms with Gasteiger partial charge in [-0.15, -0.1) is 0 Å². The van der Waals surface area contributed by atoms with Crippen LogP contribution in [0.4, 0.5) is 4.79 Å². The lowest BCUT2D eigenvalue weighted by Gasteiger charge is -2.41. The molecule has 0 bridgehead atoms. The number of hydrogen-bond donors (Lipinski definition) is 1. The second kappa shape index (κ2) is 8.77. The highest BCUT2D eigenvalue weighted by molar-refractivity contribution is 6.07. The van der Waals surface area contributed by atoms with Gasteiger partial charge in [0, 0.05) is 6.54 Å². The van der Waals surface area contributed by atoms with Gasteiger partial charge in [0.2, 0.25) is 6.79 Å². The lowest BCUT2D eigenvalue weighted by atomic mass is 9.75. The summed E-state index contributed by atoms with van der Waals surface area (Å²) in [6.45, 7) is 5.61. The second-order valence-corrected chi connectivity index (χ2v) is 9.56. The molecule has 1 aromatic carbocycles. The molecule has 7 heteroatoms.